The van der Waals surface area contributed by atoms with Gasteiger partial charge in [0.1, 0.15) is 16.7 Å². The molecule has 3 N–H and O–H groups in total. The Morgan fingerprint density at radius 2 is 1.86 bits per heavy atom. The normalized spacial score (nSPS) is 12.5. The Morgan fingerprint density at radius 1 is 1.18 bits per heavy atom. The zero-order chi connectivity index (χ0) is 15.9. The van der Waals surface area contributed by atoms with E-state index in [0.29, 0.717) is 10.6 Å². The van der Waals surface area contributed by atoms with Gasteiger partial charge in [-0.15, -0.1) is 16.4 Å². The van der Waals surface area contributed by atoms with Crippen LogP contribution in [0.3, 0.4) is 0 Å². The van der Waals surface area contributed by atoms with Gasteiger partial charge in [0, 0.05) is 5.39 Å². The highest BCUT2D eigenvalue weighted by Gasteiger charge is 2.21. The Labute approximate surface area is 132 Å². The molecule has 114 valence electrons. The summed E-state index contributed by atoms with van der Waals surface area (Å²) in [6, 6.07) is 7.29. The molecular formula is C16H17N3O2S. The molecule has 1 aromatic carbocycles. The first-order chi connectivity index (χ1) is 10.5. The van der Waals surface area contributed by atoms with E-state index in [1.807, 2.05) is 38.1 Å². The monoisotopic (exact) mass is 315 g/mol. The molecule has 0 fully saturated rings. The summed E-state index contributed by atoms with van der Waals surface area (Å²) in [5, 5.41) is 19.8. The Bertz CT molecular complexity index is 828. The van der Waals surface area contributed by atoms with Gasteiger partial charge in [0.2, 0.25) is 0 Å². The molecule has 0 radical (unpaired) electrons. The van der Waals surface area contributed by atoms with Gasteiger partial charge in [-0.05, 0) is 37.1 Å². The molecule has 22 heavy (non-hydrogen) atoms. The second-order valence-corrected chi connectivity index (χ2v) is 6.18. The predicted octanol–water partition coefficient (Wildman–Crippen LogP) is 2.98. The fourth-order valence-corrected chi connectivity index (χ4v) is 3.51. The summed E-state index contributed by atoms with van der Waals surface area (Å²) >= 11 is 1.38. The Kier molecular flexibility index (Phi) is 3.72. The average molecular weight is 315 g/mol. The maximum Gasteiger partial charge on any atom is 0.148 e. The second-order valence-electron chi connectivity index (χ2n) is 5.15. The molecule has 0 saturated heterocycles. The maximum absolute atomic E-state index is 10.6. The molecule has 0 aliphatic carbocycles. The van der Waals surface area contributed by atoms with E-state index in [1.54, 1.807) is 7.11 Å². The van der Waals surface area contributed by atoms with Gasteiger partial charge in [0.25, 0.3) is 0 Å². The third-order valence-electron chi connectivity index (χ3n) is 3.84. The number of hydrogen-bond acceptors (Lipinski definition) is 6. The van der Waals surface area contributed by atoms with Crippen LogP contribution in [0.1, 0.15) is 27.8 Å². The summed E-state index contributed by atoms with van der Waals surface area (Å²) in [7, 11) is 1.61. The van der Waals surface area contributed by atoms with Crippen molar-refractivity contribution in [1.29, 1.82) is 0 Å². The molecule has 0 aliphatic rings. The molecule has 5 nitrogen and oxygen atoms in total. The van der Waals surface area contributed by atoms with E-state index in [9.17, 15) is 5.11 Å². The van der Waals surface area contributed by atoms with Crippen LogP contribution in [-0.2, 0) is 0 Å². The standard InChI is InChI=1S/C16H17N3O2S/c1-8-9(2)18-19-16-12(8)13(17)15(22-16)14(20)10-4-6-11(21-3)7-5-10/h4-7,14,20H,17H2,1-3H3. The topological polar surface area (TPSA) is 81.3 Å². The van der Waals surface area contributed by atoms with Gasteiger partial charge in [0.15, 0.2) is 0 Å². The van der Waals surface area contributed by atoms with E-state index in [4.69, 9.17) is 10.5 Å². The molecule has 3 rings (SSSR count). The fraction of sp³-hybridized carbons (Fsp3) is 0.250. The lowest BCUT2D eigenvalue weighted by molar-refractivity contribution is 0.225. The number of nitrogen functional groups attached to an aromatic ring is 1. The van der Waals surface area contributed by atoms with Crippen LogP contribution in [0.15, 0.2) is 24.3 Å². The number of rotatable bonds is 3. The second kappa shape index (κ2) is 5.55. The molecule has 2 heterocycles. The smallest absolute Gasteiger partial charge is 0.148 e. The molecule has 2 aromatic heterocycles. The number of nitrogens with zero attached hydrogens (tertiary/aromatic N) is 2. The van der Waals surface area contributed by atoms with Crippen LogP contribution in [0.4, 0.5) is 5.69 Å². The highest BCUT2D eigenvalue weighted by atomic mass is 32.1. The first kappa shape index (κ1) is 14.7. The summed E-state index contributed by atoms with van der Waals surface area (Å²) < 4.78 is 5.13. The number of nitrogens with two attached hydrogens (primary N) is 1. The van der Waals surface area contributed by atoms with Crippen LogP contribution in [-0.4, -0.2) is 22.4 Å². The number of aliphatic hydroxyl groups excluding tert-OH is 1. The Balaban J connectivity index is 2.09. The van der Waals surface area contributed by atoms with Crippen molar-refractivity contribution in [2.75, 3.05) is 12.8 Å². The molecule has 0 amide bonds. The van der Waals surface area contributed by atoms with E-state index in [1.165, 1.54) is 11.3 Å². The summed E-state index contributed by atoms with van der Waals surface area (Å²) in [5.41, 5.74) is 9.46. The van der Waals surface area contributed by atoms with E-state index in [0.717, 1.165) is 32.8 Å². The molecule has 0 aliphatic heterocycles. The van der Waals surface area contributed by atoms with Gasteiger partial charge in [-0.25, -0.2) is 0 Å². The van der Waals surface area contributed by atoms with Gasteiger partial charge in [0.05, 0.1) is 23.4 Å². The minimum atomic E-state index is -0.787. The van der Waals surface area contributed by atoms with Crippen molar-refractivity contribution < 1.29 is 9.84 Å². The number of thiophene rings is 1. The quantitative estimate of drug-likeness (QED) is 0.776. The van der Waals surface area contributed by atoms with Gasteiger partial charge < -0.3 is 15.6 Å². The highest BCUT2D eigenvalue weighted by Crippen LogP contribution is 2.40. The number of aliphatic hydroxyl groups is 1. The molecule has 6 heteroatoms. The number of aryl methyl sites for hydroxylation is 2. The van der Waals surface area contributed by atoms with Crippen molar-refractivity contribution in [1.82, 2.24) is 10.2 Å². The number of hydrogen-bond donors (Lipinski definition) is 2. The van der Waals surface area contributed by atoms with E-state index in [2.05, 4.69) is 10.2 Å². The molecular weight excluding hydrogens is 298 g/mol. The van der Waals surface area contributed by atoms with Crippen LogP contribution in [0.25, 0.3) is 10.2 Å². The number of methoxy groups -OCH3 is 1. The third-order valence-corrected chi connectivity index (χ3v) is 4.99. The van der Waals surface area contributed by atoms with Gasteiger partial charge >= 0.3 is 0 Å². The Hall–Kier alpha value is -2.18. The van der Waals surface area contributed by atoms with Crippen LogP contribution in [0.2, 0.25) is 0 Å². The van der Waals surface area contributed by atoms with Crippen molar-refractivity contribution in [2.24, 2.45) is 0 Å². The van der Waals surface area contributed by atoms with Crippen molar-refractivity contribution in [3.63, 3.8) is 0 Å². The minimum Gasteiger partial charge on any atom is -0.497 e. The number of fused-ring (bicyclic) bond motifs is 1. The lowest BCUT2D eigenvalue weighted by Crippen LogP contribution is -2.01. The highest BCUT2D eigenvalue weighted by molar-refractivity contribution is 7.19. The van der Waals surface area contributed by atoms with Crippen molar-refractivity contribution >= 4 is 27.2 Å². The summed E-state index contributed by atoms with van der Waals surface area (Å²) in [5.74, 6) is 0.748. The molecule has 1 unspecified atom stereocenters. The molecule has 0 spiro atoms. The number of benzene rings is 1. The fourth-order valence-electron chi connectivity index (χ4n) is 2.40. The first-order valence-corrected chi connectivity index (χ1v) is 7.68. The van der Waals surface area contributed by atoms with Crippen LogP contribution >= 0.6 is 11.3 Å². The average Bonchev–Trinajstić information content (AvgIpc) is 2.88. The molecule has 3 aromatic rings. The van der Waals surface area contributed by atoms with Crippen LogP contribution in [0, 0.1) is 13.8 Å². The molecule has 0 bridgehead atoms. The van der Waals surface area contributed by atoms with E-state index >= 15 is 0 Å². The van der Waals surface area contributed by atoms with Crippen LogP contribution in [0.5, 0.6) is 5.75 Å². The zero-order valence-electron chi connectivity index (χ0n) is 12.6. The predicted molar refractivity (Wildman–Crippen MR) is 88.4 cm³/mol. The minimum absolute atomic E-state index is 0.582. The van der Waals surface area contributed by atoms with E-state index < -0.39 is 6.10 Å². The van der Waals surface area contributed by atoms with Gasteiger partial charge in [-0.1, -0.05) is 12.1 Å². The maximum atomic E-state index is 10.6. The SMILES string of the molecule is COc1ccc(C(O)c2sc3nnc(C)c(C)c3c2N)cc1. The summed E-state index contributed by atoms with van der Waals surface area (Å²) in [6.45, 7) is 3.87. The van der Waals surface area contributed by atoms with Crippen molar-refractivity contribution in [3.05, 3.63) is 46.0 Å². The number of aromatic nitrogens is 2. The van der Waals surface area contributed by atoms with Crippen molar-refractivity contribution in [3.8, 4) is 5.75 Å². The Morgan fingerprint density at radius 3 is 2.50 bits per heavy atom. The largest absolute Gasteiger partial charge is 0.497 e. The van der Waals surface area contributed by atoms with Crippen molar-refractivity contribution in [2.45, 2.75) is 20.0 Å². The number of anilines is 1. The molecule has 1 atom stereocenters. The summed E-state index contributed by atoms with van der Waals surface area (Å²) in [6.07, 6.45) is -0.787. The van der Waals surface area contributed by atoms with Crippen LogP contribution < -0.4 is 10.5 Å². The molecule has 0 saturated carbocycles. The van der Waals surface area contributed by atoms with E-state index in [-0.39, 0.29) is 0 Å². The van der Waals surface area contributed by atoms with Gasteiger partial charge in [-0.2, -0.15) is 5.10 Å². The first-order valence-electron chi connectivity index (χ1n) is 6.86. The lowest BCUT2D eigenvalue weighted by Gasteiger charge is -2.11. The number of ether oxygens (including phenoxy) is 1. The van der Waals surface area contributed by atoms with Gasteiger partial charge in [-0.3, -0.25) is 0 Å². The zero-order valence-corrected chi connectivity index (χ0v) is 13.4. The lowest BCUT2D eigenvalue weighted by atomic mass is 10.1. The third kappa shape index (κ3) is 2.30. The summed E-state index contributed by atoms with van der Waals surface area (Å²) in [4.78, 5) is 1.45.